The molecule has 2 N–H and O–H groups in total. The zero-order valence-corrected chi connectivity index (χ0v) is 12.4. The maximum atomic E-state index is 12.3. The van der Waals surface area contributed by atoms with Gasteiger partial charge in [-0.3, -0.25) is 0 Å². The van der Waals surface area contributed by atoms with Crippen LogP contribution in [0.3, 0.4) is 0 Å². The summed E-state index contributed by atoms with van der Waals surface area (Å²) in [6.07, 6.45) is 0.842. The minimum Gasteiger partial charge on any atom is -0.379 e. The number of hydrogen-bond acceptors (Lipinski definition) is 2. The van der Waals surface area contributed by atoms with Gasteiger partial charge in [-0.15, -0.1) is 0 Å². The maximum Gasteiger partial charge on any atom is 0.319 e. The molecule has 1 heterocycles. The predicted octanol–water partition coefficient (Wildman–Crippen LogP) is 3.45. The van der Waals surface area contributed by atoms with Crippen LogP contribution in [-0.2, 0) is 4.74 Å². The zero-order valence-electron chi connectivity index (χ0n) is 12.4. The fraction of sp³-hybridized carbons (Fsp3) is 0.353. The zero-order chi connectivity index (χ0) is 14.9. The summed E-state index contributed by atoms with van der Waals surface area (Å²) in [5, 5.41) is 8.20. The first-order valence-corrected chi connectivity index (χ1v) is 7.23. The molecule has 2 aromatic carbocycles. The summed E-state index contributed by atoms with van der Waals surface area (Å²) >= 11 is 0. The van der Waals surface area contributed by atoms with Crippen LogP contribution in [0, 0.1) is 6.92 Å². The minimum absolute atomic E-state index is 0.178. The maximum absolute atomic E-state index is 12.3. The van der Waals surface area contributed by atoms with Gasteiger partial charge >= 0.3 is 6.03 Å². The molecule has 21 heavy (non-hydrogen) atoms. The van der Waals surface area contributed by atoms with Crippen molar-refractivity contribution in [3.63, 3.8) is 0 Å². The Hall–Kier alpha value is -2.07. The average molecular weight is 284 g/mol. The number of hydrogen-bond donors (Lipinski definition) is 2. The lowest BCUT2D eigenvalue weighted by Gasteiger charge is -2.24. The number of amides is 2. The molecule has 0 bridgehead atoms. The minimum atomic E-state index is -0.275. The van der Waals surface area contributed by atoms with Crippen molar-refractivity contribution in [3.05, 3.63) is 42.0 Å². The Morgan fingerprint density at radius 3 is 2.81 bits per heavy atom. The van der Waals surface area contributed by atoms with Crippen molar-refractivity contribution in [2.45, 2.75) is 25.8 Å². The first-order chi connectivity index (χ1) is 10.1. The number of benzene rings is 2. The molecule has 0 spiro atoms. The van der Waals surface area contributed by atoms with Crippen LogP contribution in [-0.4, -0.2) is 24.8 Å². The molecular weight excluding hydrogens is 264 g/mol. The van der Waals surface area contributed by atoms with E-state index in [2.05, 4.69) is 16.7 Å². The number of carbonyl (C=O) groups excluding carboxylic acids is 1. The van der Waals surface area contributed by atoms with Crippen LogP contribution in [0.5, 0.6) is 0 Å². The number of nitrogens with one attached hydrogen (secondary N) is 2. The van der Waals surface area contributed by atoms with E-state index in [0.29, 0.717) is 13.2 Å². The van der Waals surface area contributed by atoms with Gasteiger partial charge in [0, 0.05) is 12.0 Å². The second-order valence-corrected chi connectivity index (χ2v) is 5.92. The average Bonchev–Trinajstić information content (AvgIpc) is 2.88. The van der Waals surface area contributed by atoms with Crippen LogP contribution < -0.4 is 10.6 Å². The molecule has 0 aromatic heterocycles. The number of urea groups is 1. The monoisotopic (exact) mass is 284 g/mol. The van der Waals surface area contributed by atoms with Gasteiger partial charge < -0.3 is 15.4 Å². The van der Waals surface area contributed by atoms with Crippen molar-refractivity contribution in [2.75, 3.05) is 18.5 Å². The topological polar surface area (TPSA) is 50.4 Å². The van der Waals surface area contributed by atoms with Crippen LogP contribution in [0.2, 0.25) is 0 Å². The number of aryl methyl sites for hydroxylation is 1. The van der Waals surface area contributed by atoms with E-state index in [1.807, 2.05) is 44.2 Å². The van der Waals surface area contributed by atoms with Crippen LogP contribution in [0.15, 0.2) is 36.4 Å². The molecule has 2 amide bonds. The molecule has 0 radical (unpaired) electrons. The third kappa shape index (κ3) is 2.85. The second-order valence-electron chi connectivity index (χ2n) is 5.92. The Morgan fingerprint density at radius 1 is 1.24 bits per heavy atom. The Morgan fingerprint density at radius 2 is 2.05 bits per heavy atom. The van der Waals surface area contributed by atoms with Gasteiger partial charge in [0.05, 0.1) is 17.8 Å². The summed E-state index contributed by atoms with van der Waals surface area (Å²) < 4.78 is 5.36. The molecule has 4 nitrogen and oxygen atoms in total. The lowest BCUT2D eigenvalue weighted by molar-refractivity contribution is 0.172. The van der Waals surface area contributed by atoms with Crippen LogP contribution in [0.25, 0.3) is 10.8 Å². The molecule has 0 aliphatic carbocycles. The number of carbonyl (C=O) groups is 1. The fourth-order valence-corrected chi connectivity index (χ4v) is 2.73. The Balaban J connectivity index is 1.84. The van der Waals surface area contributed by atoms with Crippen molar-refractivity contribution in [1.82, 2.24) is 5.32 Å². The Bertz CT molecular complexity index is 676. The highest BCUT2D eigenvalue weighted by molar-refractivity contribution is 6.03. The summed E-state index contributed by atoms with van der Waals surface area (Å²) in [6.45, 7) is 5.27. The molecule has 110 valence electrons. The predicted molar refractivity (Wildman–Crippen MR) is 84.7 cm³/mol. The van der Waals surface area contributed by atoms with Gasteiger partial charge in [-0.25, -0.2) is 4.79 Å². The van der Waals surface area contributed by atoms with Gasteiger partial charge in [0.1, 0.15) is 0 Å². The van der Waals surface area contributed by atoms with Crippen molar-refractivity contribution >= 4 is 22.5 Å². The number of ether oxygens (including phenoxy) is 1. The highest BCUT2D eigenvalue weighted by atomic mass is 16.5. The SMILES string of the molecule is Cc1ccc2ccccc2c1NC(=O)N[C@@]1(C)CCOC1. The van der Waals surface area contributed by atoms with E-state index in [9.17, 15) is 4.79 Å². The third-order valence-electron chi connectivity index (χ3n) is 4.01. The van der Waals surface area contributed by atoms with Gasteiger partial charge in [0.15, 0.2) is 0 Å². The molecule has 1 fully saturated rings. The van der Waals surface area contributed by atoms with Crippen LogP contribution in [0.4, 0.5) is 10.5 Å². The molecular formula is C17H20N2O2. The molecule has 2 aromatic rings. The van der Waals surface area contributed by atoms with E-state index < -0.39 is 0 Å². The summed E-state index contributed by atoms with van der Waals surface area (Å²) in [6, 6.07) is 12.0. The Labute approximate surface area is 124 Å². The van der Waals surface area contributed by atoms with Gasteiger partial charge in [-0.2, -0.15) is 0 Å². The third-order valence-corrected chi connectivity index (χ3v) is 4.01. The first-order valence-electron chi connectivity index (χ1n) is 7.23. The highest BCUT2D eigenvalue weighted by Crippen LogP contribution is 2.27. The van der Waals surface area contributed by atoms with Crippen molar-refractivity contribution in [1.29, 1.82) is 0 Å². The molecule has 0 unspecified atom stereocenters. The molecule has 4 heteroatoms. The lowest BCUT2D eigenvalue weighted by atomic mass is 10.0. The van der Waals surface area contributed by atoms with Crippen LogP contribution in [0.1, 0.15) is 18.9 Å². The quantitative estimate of drug-likeness (QED) is 0.887. The van der Waals surface area contributed by atoms with Gasteiger partial charge in [-0.05, 0) is 31.2 Å². The van der Waals surface area contributed by atoms with E-state index in [1.54, 1.807) is 0 Å². The summed E-state index contributed by atoms with van der Waals surface area (Å²) in [4.78, 5) is 12.3. The number of rotatable bonds is 2. The van der Waals surface area contributed by atoms with E-state index >= 15 is 0 Å². The number of fused-ring (bicyclic) bond motifs is 1. The number of anilines is 1. The molecule has 0 saturated carbocycles. The smallest absolute Gasteiger partial charge is 0.319 e. The normalized spacial score (nSPS) is 21.4. The standard InChI is InChI=1S/C17H20N2O2/c1-12-7-8-13-5-3-4-6-14(13)15(12)18-16(20)19-17(2)9-10-21-11-17/h3-8H,9-11H2,1-2H3,(H2,18,19,20)/t17-/m0/s1. The van der Waals surface area contributed by atoms with E-state index in [0.717, 1.165) is 28.4 Å². The second kappa shape index (κ2) is 5.37. The van der Waals surface area contributed by atoms with E-state index in [1.165, 1.54) is 0 Å². The first kappa shape index (κ1) is 13.9. The van der Waals surface area contributed by atoms with Gasteiger partial charge in [-0.1, -0.05) is 36.4 Å². The summed E-state index contributed by atoms with van der Waals surface area (Å²) in [7, 11) is 0. The summed E-state index contributed by atoms with van der Waals surface area (Å²) in [5.41, 5.74) is 1.65. The molecule has 1 saturated heterocycles. The van der Waals surface area contributed by atoms with E-state index in [-0.39, 0.29) is 11.6 Å². The Kier molecular flexibility index (Phi) is 3.55. The summed E-state index contributed by atoms with van der Waals surface area (Å²) in [5.74, 6) is 0. The van der Waals surface area contributed by atoms with E-state index in [4.69, 9.17) is 4.74 Å². The largest absolute Gasteiger partial charge is 0.379 e. The van der Waals surface area contributed by atoms with Gasteiger partial charge in [0.25, 0.3) is 0 Å². The van der Waals surface area contributed by atoms with Crippen molar-refractivity contribution < 1.29 is 9.53 Å². The molecule has 1 atom stereocenters. The molecule has 1 aliphatic heterocycles. The molecule has 3 rings (SSSR count). The lowest BCUT2D eigenvalue weighted by Crippen LogP contribution is -2.48. The van der Waals surface area contributed by atoms with Crippen molar-refractivity contribution in [2.24, 2.45) is 0 Å². The van der Waals surface area contributed by atoms with Crippen molar-refractivity contribution in [3.8, 4) is 0 Å². The highest BCUT2D eigenvalue weighted by Gasteiger charge is 2.31. The van der Waals surface area contributed by atoms with Crippen LogP contribution >= 0.6 is 0 Å². The molecule has 1 aliphatic rings. The van der Waals surface area contributed by atoms with Gasteiger partial charge in [0.2, 0.25) is 0 Å². The fourth-order valence-electron chi connectivity index (χ4n) is 2.73.